The van der Waals surface area contributed by atoms with E-state index in [2.05, 4.69) is 43.9 Å². The van der Waals surface area contributed by atoms with E-state index >= 15 is 0 Å². The molecule has 4 rings (SSSR count). The van der Waals surface area contributed by atoms with E-state index < -0.39 is 0 Å². The van der Waals surface area contributed by atoms with Crippen LogP contribution >= 0.6 is 11.8 Å². The van der Waals surface area contributed by atoms with E-state index in [9.17, 15) is 4.79 Å². The van der Waals surface area contributed by atoms with Gasteiger partial charge in [-0.3, -0.25) is 9.69 Å². The quantitative estimate of drug-likeness (QED) is 0.629. The Morgan fingerprint density at radius 1 is 0.933 bits per heavy atom. The minimum absolute atomic E-state index is 0.151. The van der Waals surface area contributed by atoms with Gasteiger partial charge >= 0.3 is 0 Å². The third-order valence-electron chi connectivity index (χ3n) is 6.09. The monoisotopic (exact) mass is 427 g/mol. The van der Waals surface area contributed by atoms with E-state index in [0.717, 1.165) is 63.1 Å². The Labute approximate surface area is 184 Å². The Balaban J connectivity index is 1.50. The Morgan fingerprint density at radius 2 is 1.60 bits per heavy atom. The molecule has 2 aliphatic heterocycles. The highest BCUT2D eigenvalue weighted by Gasteiger charge is 2.26. The number of hydrogen-bond acceptors (Lipinski definition) is 5. The summed E-state index contributed by atoms with van der Waals surface area (Å²) in [6.45, 7) is 7.62. The summed E-state index contributed by atoms with van der Waals surface area (Å²) in [4.78, 5) is 17.5. The van der Waals surface area contributed by atoms with Crippen LogP contribution in [0.3, 0.4) is 0 Å². The van der Waals surface area contributed by atoms with Crippen LogP contribution in [0, 0.1) is 0 Å². The van der Waals surface area contributed by atoms with E-state index in [4.69, 9.17) is 0 Å². The average molecular weight is 428 g/mol. The van der Waals surface area contributed by atoms with Crippen molar-refractivity contribution in [3.8, 4) is 0 Å². The fraction of sp³-hybridized carbons (Fsp3) is 0.609. The highest BCUT2D eigenvalue weighted by molar-refractivity contribution is 8.00. The van der Waals surface area contributed by atoms with Crippen molar-refractivity contribution in [3.05, 3.63) is 41.7 Å². The number of thioether (sulfide) groups is 1. The van der Waals surface area contributed by atoms with Gasteiger partial charge in [-0.2, -0.15) is 0 Å². The maximum absolute atomic E-state index is 13.0. The van der Waals surface area contributed by atoms with E-state index in [-0.39, 0.29) is 11.2 Å². The molecule has 30 heavy (non-hydrogen) atoms. The van der Waals surface area contributed by atoms with Crippen LogP contribution in [0.15, 0.2) is 35.5 Å². The molecule has 2 aliphatic rings. The summed E-state index contributed by atoms with van der Waals surface area (Å²) in [6, 6.07) is 10.5. The Hall–Kier alpha value is -1.86. The van der Waals surface area contributed by atoms with E-state index in [0.29, 0.717) is 0 Å². The van der Waals surface area contributed by atoms with Crippen LogP contribution in [0.25, 0.3) is 0 Å². The largest absolute Gasteiger partial charge is 0.342 e. The number of aromatic nitrogens is 3. The zero-order chi connectivity index (χ0) is 20.8. The number of amides is 1. The van der Waals surface area contributed by atoms with Gasteiger partial charge in [0.1, 0.15) is 5.82 Å². The topological polar surface area (TPSA) is 54.3 Å². The van der Waals surface area contributed by atoms with Gasteiger partial charge in [-0.05, 0) is 51.3 Å². The lowest BCUT2D eigenvalue weighted by atomic mass is 10.2. The molecule has 2 fully saturated rings. The zero-order valence-corrected chi connectivity index (χ0v) is 18.8. The Morgan fingerprint density at radius 3 is 2.30 bits per heavy atom. The summed E-state index contributed by atoms with van der Waals surface area (Å²) >= 11 is 1.56. The smallest absolute Gasteiger partial charge is 0.235 e. The molecule has 0 aliphatic carbocycles. The van der Waals surface area contributed by atoms with E-state index in [1.165, 1.54) is 31.2 Å². The molecule has 0 bridgehead atoms. The number of rotatable bonds is 7. The number of carbonyl (C=O) groups is 1. The molecular weight excluding hydrogens is 394 g/mol. The second-order valence-electron chi connectivity index (χ2n) is 8.45. The maximum Gasteiger partial charge on any atom is 0.235 e. The minimum atomic E-state index is -0.151. The van der Waals surface area contributed by atoms with Crippen LogP contribution in [0.2, 0.25) is 0 Å². The van der Waals surface area contributed by atoms with Gasteiger partial charge < -0.3 is 9.47 Å². The van der Waals surface area contributed by atoms with Crippen LogP contribution < -0.4 is 0 Å². The molecule has 2 aromatic rings. The Kier molecular flexibility index (Phi) is 7.44. The minimum Gasteiger partial charge on any atom is -0.342 e. The molecule has 162 valence electrons. The van der Waals surface area contributed by atoms with Crippen LogP contribution in [0.1, 0.15) is 56.8 Å². The van der Waals surface area contributed by atoms with Gasteiger partial charge in [-0.1, -0.05) is 54.9 Å². The standard InChI is InChI=1S/C23H33N5OS/c1-19(22(29)27-15-7-2-3-8-16-27)30-23-25-24-21(18-26-13-9-10-14-26)28(23)17-20-11-5-4-6-12-20/h4-6,11-12,19H,2-3,7-10,13-18H2,1H3. The summed E-state index contributed by atoms with van der Waals surface area (Å²) in [7, 11) is 0. The molecule has 2 saturated heterocycles. The summed E-state index contributed by atoms with van der Waals surface area (Å²) in [5.41, 5.74) is 1.23. The average Bonchev–Trinajstić information content (AvgIpc) is 3.31. The van der Waals surface area contributed by atoms with Gasteiger partial charge in [0.2, 0.25) is 5.91 Å². The second-order valence-corrected chi connectivity index (χ2v) is 9.76. The molecule has 1 aromatic carbocycles. The third kappa shape index (κ3) is 5.43. The van der Waals surface area contributed by atoms with E-state index in [1.54, 1.807) is 11.8 Å². The summed E-state index contributed by atoms with van der Waals surface area (Å²) in [5.74, 6) is 1.23. The first-order valence-corrected chi connectivity index (χ1v) is 12.2. The number of carbonyl (C=O) groups excluding carboxylic acids is 1. The van der Waals surface area contributed by atoms with Gasteiger partial charge in [-0.25, -0.2) is 0 Å². The molecular formula is C23H33N5OS. The van der Waals surface area contributed by atoms with Crippen molar-refractivity contribution in [1.29, 1.82) is 0 Å². The van der Waals surface area contributed by atoms with Gasteiger partial charge in [0.25, 0.3) is 0 Å². The number of hydrogen-bond donors (Lipinski definition) is 0. The highest BCUT2D eigenvalue weighted by Crippen LogP contribution is 2.26. The predicted octanol–water partition coefficient (Wildman–Crippen LogP) is 3.81. The van der Waals surface area contributed by atoms with E-state index in [1.807, 2.05) is 17.9 Å². The van der Waals surface area contributed by atoms with Crippen LogP contribution in [0.5, 0.6) is 0 Å². The summed E-state index contributed by atoms with van der Waals surface area (Å²) in [6.07, 6.45) is 7.22. The molecule has 1 amide bonds. The molecule has 0 saturated carbocycles. The molecule has 7 heteroatoms. The fourth-order valence-corrected chi connectivity index (χ4v) is 5.30. The summed E-state index contributed by atoms with van der Waals surface area (Å²) < 4.78 is 2.21. The number of nitrogens with zero attached hydrogens (tertiary/aromatic N) is 5. The van der Waals surface area contributed by atoms with Crippen molar-refractivity contribution >= 4 is 17.7 Å². The van der Waals surface area contributed by atoms with Crippen molar-refractivity contribution in [2.75, 3.05) is 26.2 Å². The predicted molar refractivity (Wildman–Crippen MR) is 120 cm³/mol. The fourth-order valence-electron chi connectivity index (χ4n) is 4.35. The van der Waals surface area contributed by atoms with Crippen molar-refractivity contribution in [2.45, 2.75) is 68.9 Å². The van der Waals surface area contributed by atoms with Crippen molar-refractivity contribution in [1.82, 2.24) is 24.6 Å². The first kappa shape index (κ1) is 21.4. The van der Waals surface area contributed by atoms with Crippen LogP contribution in [0.4, 0.5) is 0 Å². The number of likely N-dealkylation sites (tertiary alicyclic amines) is 2. The lowest BCUT2D eigenvalue weighted by molar-refractivity contribution is -0.130. The van der Waals surface area contributed by atoms with Gasteiger partial charge in [0.15, 0.2) is 5.16 Å². The first-order valence-electron chi connectivity index (χ1n) is 11.3. The molecule has 1 atom stereocenters. The number of benzene rings is 1. The molecule has 1 unspecified atom stereocenters. The van der Waals surface area contributed by atoms with Crippen molar-refractivity contribution in [2.24, 2.45) is 0 Å². The van der Waals surface area contributed by atoms with Gasteiger partial charge in [0, 0.05) is 13.1 Å². The molecule has 1 aromatic heterocycles. The van der Waals surface area contributed by atoms with Gasteiger partial charge in [0.05, 0.1) is 18.3 Å². The molecule has 6 nitrogen and oxygen atoms in total. The van der Waals surface area contributed by atoms with Crippen molar-refractivity contribution in [3.63, 3.8) is 0 Å². The summed E-state index contributed by atoms with van der Waals surface area (Å²) in [5, 5.41) is 9.76. The highest BCUT2D eigenvalue weighted by atomic mass is 32.2. The Bertz CT molecular complexity index is 810. The first-order chi connectivity index (χ1) is 14.7. The SMILES string of the molecule is CC(Sc1nnc(CN2CCCC2)n1Cc1ccccc1)C(=O)N1CCCCCC1. The maximum atomic E-state index is 13.0. The van der Waals surface area contributed by atoms with Gasteiger partial charge in [-0.15, -0.1) is 10.2 Å². The second kappa shape index (κ2) is 10.4. The molecule has 0 radical (unpaired) electrons. The lowest BCUT2D eigenvalue weighted by Crippen LogP contribution is -2.37. The molecule has 3 heterocycles. The van der Waals surface area contributed by atoms with Crippen LogP contribution in [-0.4, -0.2) is 61.9 Å². The molecule has 0 N–H and O–H groups in total. The van der Waals surface area contributed by atoms with Crippen molar-refractivity contribution < 1.29 is 4.79 Å². The zero-order valence-electron chi connectivity index (χ0n) is 18.0. The third-order valence-corrected chi connectivity index (χ3v) is 7.16. The lowest BCUT2D eigenvalue weighted by Gasteiger charge is -2.24. The normalized spacial score (nSPS) is 19.0. The molecule has 0 spiro atoms. The van der Waals surface area contributed by atoms with Crippen LogP contribution in [-0.2, 0) is 17.9 Å².